The summed E-state index contributed by atoms with van der Waals surface area (Å²) in [7, 11) is 0. The van der Waals surface area contributed by atoms with E-state index in [1.165, 1.54) is 42.5 Å². The van der Waals surface area contributed by atoms with E-state index in [1.807, 2.05) is 0 Å². The Kier molecular flexibility index (Phi) is 4.86. The molecule has 9 heteroatoms. The van der Waals surface area contributed by atoms with Gasteiger partial charge >= 0.3 is 0 Å². The molecule has 7 rings (SSSR count). The number of hydrogen-bond donors (Lipinski definition) is 6. The van der Waals surface area contributed by atoms with Gasteiger partial charge in [0.1, 0.15) is 52.1 Å². The number of hydrogen-bond acceptors (Lipinski definition) is 9. The first-order valence-corrected chi connectivity index (χ1v) is 12.5. The van der Waals surface area contributed by atoms with E-state index in [-0.39, 0.29) is 53.1 Å². The molecule has 0 spiro atoms. The SMILES string of the molecule is Oc1ccc([C@H]2Oc3c(c(O)cc4c3[C@H]3CC(c5ccc(O)cc5)(Oc5cc(O)cc(O)c53)O4)C[C@H]2O)cc1. The van der Waals surface area contributed by atoms with Gasteiger partial charge in [-0.05, 0) is 42.0 Å². The highest BCUT2D eigenvalue weighted by Gasteiger charge is 2.53. The zero-order valence-electron chi connectivity index (χ0n) is 20.4. The molecule has 0 amide bonds. The predicted octanol–water partition coefficient (Wildman–Crippen LogP) is 4.41. The van der Waals surface area contributed by atoms with Crippen LogP contribution in [0.1, 0.15) is 46.3 Å². The summed E-state index contributed by atoms with van der Waals surface area (Å²) >= 11 is 0. The number of aliphatic hydroxyl groups excluding tert-OH is 1. The number of benzene rings is 4. The van der Waals surface area contributed by atoms with Crippen LogP contribution in [0.3, 0.4) is 0 Å². The van der Waals surface area contributed by atoms with Crippen molar-refractivity contribution < 1.29 is 44.8 Å². The first-order chi connectivity index (χ1) is 18.7. The van der Waals surface area contributed by atoms with E-state index in [4.69, 9.17) is 14.2 Å². The maximum absolute atomic E-state index is 11.0. The van der Waals surface area contributed by atoms with Crippen molar-refractivity contribution in [3.05, 3.63) is 94.5 Å². The molecule has 4 aromatic rings. The molecule has 4 aromatic carbocycles. The molecule has 0 fully saturated rings. The average molecular weight is 529 g/mol. The Morgan fingerprint density at radius 2 is 1.33 bits per heavy atom. The molecule has 0 radical (unpaired) electrons. The van der Waals surface area contributed by atoms with Gasteiger partial charge in [-0.2, -0.15) is 0 Å². The van der Waals surface area contributed by atoms with Crippen LogP contribution in [0.25, 0.3) is 0 Å². The molecule has 0 aromatic heterocycles. The van der Waals surface area contributed by atoms with Crippen molar-refractivity contribution in [2.75, 3.05) is 0 Å². The number of rotatable bonds is 2. The van der Waals surface area contributed by atoms with Crippen molar-refractivity contribution in [2.45, 2.75) is 36.8 Å². The third-order valence-corrected chi connectivity index (χ3v) is 7.72. The summed E-state index contributed by atoms with van der Waals surface area (Å²) in [6.07, 6.45) is -1.46. The normalized spacial score (nSPS) is 24.3. The van der Waals surface area contributed by atoms with Crippen LogP contribution in [-0.2, 0) is 12.2 Å². The second-order valence-electron chi connectivity index (χ2n) is 10.2. The summed E-state index contributed by atoms with van der Waals surface area (Å²) in [6.45, 7) is 0. The van der Waals surface area contributed by atoms with Crippen LogP contribution in [-0.4, -0.2) is 36.7 Å². The van der Waals surface area contributed by atoms with Gasteiger partial charge in [0.25, 0.3) is 5.79 Å². The zero-order chi connectivity index (χ0) is 27.1. The van der Waals surface area contributed by atoms with Gasteiger partial charge in [0.05, 0.1) is 6.10 Å². The van der Waals surface area contributed by atoms with Gasteiger partial charge in [-0.3, -0.25) is 0 Å². The molecule has 0 saturated carbocycles. The minimum atomic E-state index is -1.40. The first kappa shape index (κ1) is 23.4. The van der Waals surface area contributed by atoms with Crippen LogP contribution in [0.4, 0.5) is 0 Å². The maximum Gasteiger partial charge on any atom is 0.278 e. The fraction of sp³-hybridized carbons (Fsp3) is 0.200. The number of fused-ring (bicyclic) bond motifs is 8. The number of aliphatic hydroxyl groups is 1. The smallest absolute Gasteiger partial charge is 0.278 e. The Hall–Kier alpha value is -4.76. The molecule has 3 aliphatic heterocycles. The molecule has 198 valence electrons. The molecular weight excluding hydrogens is 504 g/mol. The molecule has 1 unspecified atom stereocenters. The van der Waals surface area contributed by atoms with E-state index in [9.17, 15) is 30.6 Å². The fourth-order valence-electron chi connectivity index (χ4n) is 5.96. The van der Waals surface area contributed by atoms with Gasteiger partial charge in [0.2, 0.25) is 0 Å². The quantitative estimate of drug-likeness (QED) is 0.222. The molecule has 3 heterocycles. The van der Waals surface area contributed by atoms with Crippen LogP contribution in [0, 0.1) is 0 Å². The third kappa shape index (κ3) is 3.50. The van der Waals surface area contributed by atoms with E-state index >= 15 is 0 Å². The summed E-state index contributed by atoms with van der Waals surface area (Å²) < 4.78 is 19.2. The molecule has 3 aliphatic rings. The van der Waals surface area contributed by atoms with Gasteiger partial charge in [0.15, 0.2) is 0 Å². The van der Waals surface area contributed by atoms with Crippen LogP contribution >= 0.6 is 0 Å². The highest BCUT2D eigenvalue weighted by atomic mass is 16.7. The predicted molar refractivity (Wildman–Crippen MR) is 137 cm³/mol. The molecule has 0 aliphatic carbocycles. The van der Waals surface area contributed by atoms with Crippen LogP contribution in [0.15, 0.2) is 66.7 Å². The lowest BCUT2D eigenvalue weighted by Crippen LogP contribution is -2.47. The molecule has 4 atom stereocenters. The number of phenolic OH excluding ortho intramolecular Hbond substituents is 5. The van der Waals surface area contributed by atoms with Crippen molar-refractivity contribution in [3.63, 3.8) is 0 Å². The first-order valence-electron chi connectivity index (χ1n) is 12.5. The Labute approximate surface area is 222 Å². The largest absolute Gasteiger partial charge is 0.508 e. The summed E-state index contributed by atoms with van der Waals surface area (Å²) in [5.74, 6) is -1.46. The average Bonchev–Trinajstić information content (AvgIpc) is 2.89. The van der Waals surface area contributed by atoms with Crippen molar-refractivity contribution >= 4 is 0 Å². The summed E-state index contributed by atoms with van der Waals surface area (Å²) in [5.41, 5.74) is 2.62. The van der Waals surface area contributed by atoms with E-state index in [1.54, 1.807) is 24.3 Å². The molecule has 0 saturated heterocycles. The van der Waals surface area contributed by atoms with Gasteiger partial charge in [-0.1, -0.05) is 12.1 Å². The Balaban J connectivity index is 1.44. The number of aromatic hydroxyl groups is 5. The van der Waals surface area contributed by atoms with Crippen molar-refractivity contribution in [1.29, 1.82) is 0 Å². The van der Waals surface area contributed by atoms with E-state index in [0.717, 1.165) is 0 Å². The molecule has 2 bridgehead atoms. The Bertz CT molecular complexity index is 1610. The second kappa shape index (κ2) is 8.12. The topological polar surface area (TPSA) is 149 Å². The van der Waals surface area contributed by atoms with Gasteiger partial charge in [-0.15, -0.1) is 0 Å². The summed E-state index contributed by atoms with van der Waals surface area (Å²) in [5, 5.41) is 62.7. The highest BCUT2D eigenvalue weighted by Crippen LogP contribution is 2.62. The van der Waals surface area contributed by atoms with Gasteiger partial charge in [0, 0.05) is 59.2 Å². The second-order valence-corrected chi connectivity index (χ2v) is 10.2. The third-order valence-electron chi connectivity index (χ3n) is 7.72. The molecular formula is C30H24O9. The Morgan fingerprint density at radius 1 is 0.692 bits per heavy atom. The molecule has 39 heavy (non-hydrogen) atoms. The highest BCUT2D eigenvalue weighted by molar-refractivity contribution is 5.67. The zero-order valence-corrected chi connectivity index (χ0v) is 20.4. The molecule has 6 N–H and O–H groups in total. The maximum atomic E-state index is 11.0. The lowest BCUT2D eigenvalue weighted by atomic mass is 9.76. The van der Waals surface area contributed by atoms with E-state index in [2.05, 4.69) is 0 Å². The lowest BCUT2D eigenvalue weighted by Gasteiger charge is -2.47. The van der Waals surface area contributed by atoms with Crippen molar-refractivity contribution in [2.24, 2.45) is 0 Å². The summed E-state index contributed by atoms with van der Waals surface area (Å²) in [6, 6.07) is 16.8. The van der Waals surface area contributed by atoms with Crippen molar-refractivity contribution in [1.82, 2.24) is 0 Å². The van der Waals surface area contributed by atoms with Gasteiger partial charge in [-0.25, -0.2) is 0 Å². The minimum Gasteiger partial charge on any atom is -0.508 e. The van der Waals surface area contributed by atoms with Gasteiger partial charge < -0.3 is 44.8 Å². The Morgan fingerprint density at radius 3 is 2.03 bits per heavy atom. The van der Waals surface area contributed by atoms with E-state index in [0.29, 0.717) is 33.6 Å². The van der Waals surface area contributed by atoms with Crippen LogP contribution in [0.5, 0.6) is 46.0 Å². The fourth-order valence-corrected chi connectivity index (χ4v) is 5.96. The minimum absolute atomic E-state index is 0.0633. The van der Waals surface area contributed by atoms with Crippen LogP contribution < -0.4 is 14.2 Å². The standard InChI is InChI=1S/C30H24O9/c31-16-5-1-14(2-6-16)28-23(36)11-19-21(34)12-25-27(29(19)37-28)20-13-30(39-25,15-3-7-17(32)8-4-15)38-24-10-18(33)9-22(35)26(20)24/h1-10,12,20,23,28,31-36H,11,13H2/t20-,23+,28+,30?/m0/s1. The number of phenols is 5. The summed E-state index contributed by atoms with van der Waals surface area (Å²) in [4.78, 5) is 0. The number of ether oxygens (including phenoxy) is 3. The molecule has 9 nitrogen and oxygen atoms in total. The van der Waals surface area contributed by atoms with Crippen LogP contribution in [0.2, 0.25) is 0 Å². The van der Waals surface area contributed by atoms with E-state index < -0.39 is 23.9 Å². The lowest BCUT2D eigenvalue weighted by molar-refractivity contribution is -0.149. The van der Waals surface area contributed by atoms with Crippen molar-refractivity contribution in [3.8, 4) is 46.0 Å². The monoisotopic (exact) mass is 528 g/mol.